The Morgan fingerprint density at radius 2 is 1.86 bits per heavy atom. The second-order valence-corrected chi connectivity index (χ2v) is 4.09. The molecule has 7 nitrogen and oxygen atoms in total. The van der Waals surface area contributed by atoms with Crippen molar-refractivity contribution in [3.8, 4) is 5.75 Å². The molecule has 0 aliphatic carbocycles. The molecule has 0 aliphatic rings. The van der Waals surface area contributed by atoms with Gasteiger partial charge in [-0.25, -0.2) is 9.59 Å². The first kappa shape index (κ1) is 16.5. The molecule has 0 radical (unpaired) electrons. The highest BCUT2D eigenvalue weighted by molar-refractivity contribution is 5.95. The number of esters is 1. The van der Waals surface area contributed by atoms with E-state index in [1.807, 2.05) is 11.4 Å². The summed E-state index contributed by atoms with van der Waals surface area (Å²) in [5.74, 6) is -0.875. The molecule has 0 aromatic heterocycles. The zero-order valence-electron chi connectivity index (χ0n) is 11.9. The topological polar surface area (TPSA) is 93.7 Å². The van der Waals surface area contributed by atoms with Crippen LogP contribution in [0.25, 0.3) is 0 Å². The third-order valence-corrected chi connectivity index (χ3v) is 2.32. The summed E-state index contributed by atoms with van der Waals surface area (Å²) >= 11 is 0. The van der Waals surface area contributed by atoms with E-state index in [0.717, 1.165) is 0 Å². The molecule has 7 heteroatoms. The quantitative estimate of drug-likeness (QED) is 0.758. The fourth-order valence-electron chi connectivity index (χ4n) is 1.37. The van der Waals surface area contributed by atoms with Gasteiger partial charge < -0.3 is 14.8 Å². The molecule has 1 rings (SSSR count). The van der Waals surface area contributed by atoms with E-state index in [2.05, 4.69) is 5.32 Å². The number of urea groups is 1. The van der Waals surface area contributed by atoms with Crippen LogP contribution in [0.1, 0.15) is 13.8 Å². The Balaban J connectivity index is 2.32. The average molecular weight is 294 g/mol. The van der Waals surface area contributed by atoms with Gasteiger partial charge in [-0.15, -0.1) is 0 Å². The summed E-state index contributed by atoms with van der Waals surface area (Å²) in [6.45, 7) is 3.07. The van der Waals surface area contributed by atoms with E-state index in [1.165, 1.54) is 6.92 Å². The molecule has 0 saturated heterocycles. The van der Waals surface area contributed by atoms with Gasteiger partial charge in [0.25, 0.3) is 5.91 Å². The molecule has 1 unspecified atom stereocenters. The molecule has 1 atom stereocenters. The zero-order chi connectivity index (χ0) is 15.7. The minimum atomic E-state index is -0.857. The highest BCUT2D eigenvalue weighted by Gasteiger charge is 2.18. The number of imide groups is 1. The van der Waals surface area contributed by atoms with Crippen LogP contribution in [-0.2, 0) is 14.3 Å². The standard InChI is InChI=1S/C14H18N2O5/c1-3-15-14(19)16-12(17)9-20-13(18)10(2)21-11-7-5-4-6-8-11/h4-8,10H,3,9H2,1-2H3,(H2,15,16,17,19). The Labute approximate surface area is 122 Å². The fraction of sp³-hybridized carbons (Fsp3) is 0.357. The second kappa shape index (κ2) is 8.57. The number of rotatable bonds is 6. The minimum absolute atomic E-state index is 0.390. The van der Waals surface area contributed by atoms with Crippen molar-refractivity contribution in [2.75, 3.05) is 13.2 Å². The number of para-hydroxylation sites is 1. The van der Waals surface area contributed by atoms with Crippen LogP contribution in [0.5, 0.6) is 5.75 Å². The summed E-state index contributed by atoms with van der Waals surface area (Å²) in [6.07, 6.45) is -0.857. The number of hydrogen-bond donors (Lipinski definition) is 2. The van der Waals surface area contributed by atoms with Crippen molar-refractivity contribution < 1.29 is 23.9 Å². The Hall–Kier alpha value is -2.57. The molecular weight excluding hydrogens is 276 g/mol. The molecule has 0 fully saturated rings. The zero-order valence-corrected chi connectivity index (χ0v) is 11.9. The lowest BCUT2D eigenvalue weighted by molar-refractivity contribution is -0.154. The van der Waals surface area contributed by atoms with Crippen LogP contribution in [0.4, 0.5) is 4.79 Å². The van der Waals surface area contributed by atoms with Crippen LogP contribution in [0.2, 0.25) is 0 Å². The summed E-state index contributed by atoms with van der Waals surface area (Å²) < 4.78 is 10.1. The molecule has 21 heavy (non-hydrogen) atoms. The molecule has 0 aliphatic heterocycles. The fourth-order valence-corrected chi connectivity index (χ4v) is 1.37. The Morgan fingerprint density at radius 1 is 1.19 bits per heavy atom. The Morgan fingerprint density at radius 3 is 2.48 bits per heavy atom. The van der Waals surface area contributed by atoms with E-state index in [0.29, 0.717) is 12.3 Å². The van der Waals surface area contributed by atoms with Gasteiger partial charge in [-0.3, -0.25) is 10.1 Å². The van der Waals surface area contributed by atoms with Crippen molar-refractivity contribution >= 4 is 17.9 Å². The van der Waals surface area contributed by atoms with Crippen molar-refractivity contribution in [2.45, 2.75) is 20.0 Å². The minimum Gasteiger partial charge on any atom is -0.479 e. The molecule has 0 heterocycles. The maximum absolute atomic E-state index is 11.6. The van der Waals surface area contributed by atoms with Gasteiger partial charge in [0.2, 0.25) is 0 Å². The molecule has 0 saturated carbocycles. The predicted octanol–water partition coefficient (Wildman–Crippen LogP) is 0.843. The third-order valence-electron chi connectivity index (χ3n) is 2.32. The summed E-state index contributed by atoms with van der Waals surface area (Å²) in [5.41, 5.74) is 0. The predicted molar refractivity (Wildman–Crippen MR) is 74.7 cm³/mol. The molecule has 1 aromatic rings. The summed E-state index contributed by atoms with van der Waals surface area (Å²) in [5, 5.41) is 4.40. The van der Waals surface area contributed by atoms with Crippen molar-refractivity contribution in [1.82, 2.24) is 10.6 Å². The van der Waals surface area contributed by atoms with Gasteiger partial charge in [-0.05, 0) is 26.0 Å². The Bertz CT molecular complexity index is 489. The van der Waals surface area contributed by atoms with Gasteiger partial charge >= 0.3 is 12.0 Å². The second-order valence-electron chi connectivity index (χ2n) is 4.09. The molecule has 0 spiro atoms. The monoisotopic (exact) mass is 294 g/mol. The van der Waals surface area contributed by atoms with Crippen molar-refractivity contribution in [3.63, 3.8) is 0 Å². The molecule has 2 N–H and O–H groups in total. The van der Waals surface area contributed by atoms with Gasteiger partial charge in [0.05, 0.1) is 0 Å². The first-order chi connectivity index (χ1) is 10.0. The third kappa shape index (κ3) is 6.42. The number of nitrogens with one attached hydrogen (secondary N) is 2. The average Bonchev–Trinajstić information content (AvgIpc) is 2.46. The first-order valence-corrected chi connectivity index (χ1v) is 6.49. The van der Waals surface area contributed by atoms with Crippen LogP contribution in [-0.4, -0.2) is 37.2 Å². The van der Waals surface area contributed by atoms with Crippen LogP contribution in [0, 0.1) is 0 Å². The summed E-state index contributed by atoms with van der Waals surface area (Å²) in [4.78, 5) is 34.0. The number of carbonyl (C=O) groups is 3. The number of carbonyl (C=O) groups excluding carboxylic acids is 3. The lowest BCUT2D eigenvalue weighted by Gasteiger charge is -2.13. The molecule has 0 bridgehead atoms. The lowest BCUT2D eigenvalue weighted by Crippen LogP contribution is -2.41. The number of benzene rings is 1. The van der Waals surface area contributed by atoms with E-state index in [1.54, 1.807) is 31.2 Å². The van der Waals surface area contributed by atoms with Crippen LogP contribution in [0.3, 0.4) is 0 Å². The van der Waals surface area contributed by atoms with Crippen LogP contribution < -0.4 is 15.4 Å². The van der Waals surface area contributed by atoms with Crippen molar-refractivity contribution in [3.05, 3.63) is 30.3 Å². The molecule has 3 amide bonds. The van der Waals surface area contributed by atoms with Gasteiger partial charge in [0.15, 0.2) is 12.7 Å². The number of hydrogen-bond acceptors (Lipinski definition) is 5. The smallest absolute Gasteiger partial charge is 0.347 e. The van der Waals surface area contributed by atoms with E-state index in [-0.39, 0.29) is 0 Å². The van der Waals surface area contributed by atoms with Crippen LogP contribution in [0.15, 0.2) is 30.3 Å². The maximum Gasteiger partial charge on any atom is 0.347 e. The largest absolute Gasteiger partial charge is 0.479 e. The summed E-state index contributed by atoms with van der Waals surface area (Å²) in [6, 6.07) is 8.13. The van der Waals surface area contributed by atoms with E-state index >= 15 is 0 Å². The van der Waals surface area contributed by atoms with Crippen molar-refractivity contribution in [1.29, 1.82) is 0 Å². The van der Waals surface area contributed by atoms with Crippen LogP contribution >= 0.6 is 0 Å². The highest BCUT2D eigenvalue weighted by Crippen LogP contribution is 2.11. The number of amides is 3. The van der Waals surface area contributed by atoms with Gasteiger partial charge in [-0.2, -0.15) is 0 Å². The molecule has 1 aromatic carbocycles. The molecule has 114 valence electrons. The van der Waals surface area contributed by atoms with Gasteiger partial charge in [0.1, 0.15) is 5.75 Å². The van der Waals surface area contributed by atoms with Gasteiger partial charge in [0, 0.05) is 6.54 Å². The highest BCUT2D eigenvalue weighted by atomic mass is 16.6. The Kier molecular flexibility index (Phi) is 6.73. The normalized spacial score (nSPS) is 11.1. The number of ether oxygens (including phenoxy) is 2. The maximum atomic E-state index is 11.6. The van der Waals surface area contributed by atoms with E-state index in [9.17, 15) is 14.4 Å². The van der Waals surface area contributed by atoms with Gasteiger partial charge in [-0.1, -0.05) is 18.2 Å². The van der Waals surface area contributed by atoms with E-state index in [4.69, 9.17) is 9.47 Å². The summed E-state index contributed by atoms with van der Waals surface area (Å²) in [7, 11) is 0. The SMILES string of the molecule is CCNC(=O)NC(=O)COC(=O)C(C)Oc1ccccc1. The molecular formula is C14H18N2O5. The first-order valence-electron chi connectivity index (χ1n) is 6.49. The van der Waals surface area contributed by atoms with Crippen molar-refractivity contribution in [2.24, 2.45) is 0 Å². The van der Waals surface area contributed by atoms with E-state index < -0.39 is 30.6 Å². The lowest BCUT2D eigenvalue weighted by atomic mass is 10.3.